The smallest absolute Gasteiger partial charge is 0.187 e. The second-order valence-corrected chi connectivity index (χ2v) is 26.1. The van der Waals surface area contributed by atoms with Crippen LogP contribution >= 0.6 is 0 Å². The van der Waals surface area contributed by atoms with Crippen LogP contribution in [0.4, 0.5) is 0 Å². The molecule has 0 radical (unpaired) electrons. The van der Waals surface area contributed by atoms with Gasteiger partial charge in [-0.05, 0) is 106 Å². The number of ether oxygens (including phenoxy) is 8. The molecule has 0 aromatic carbocycles. The Balaban J connectivity index is 1.01. The molecule has 4 aliphatic carbocycles. The molecular weight excluding hydrogens is 1030 g/mol. The minimum absolute atomic E-state index is 0.0332. The van der Waals surface area contributed by atoms with Crippen molar-refractivity contribution in [2.75, 3.05) is 19.8 Å². The van der Waals surface area contributed by atoms with Gasteiger partial charge in [-0.2, -0.15) is 0 Å². The molecule has 78 heavy (non-hydrogen) atoms. The van der Waals surface area contributed by atoms with Crippen LogP contribution in [0, 0.1) is 45.3 Å². The van der Waals surface area contributed by atoms with Crippen LogP contribution in [0.2, 0.25) is 0 Å². The SMILES string of the molecule is CC[C@@H]1O[C@@H](O[C@@H]2[C@@H](O)[C@H](O)[C@@H](O[C@H]3[C@H](O[C@H](CC[C@@H](C)C4CC[C@@]5(C)C6CC=C7C(CC[C@H](O)C7(C)C)[C@]6(C)[C@H](O)C[C@]45C)C(C)(C)O)O[C@H](CO[C@H]4O[C@H](CO)[C@@H](O)[C@H](O)[C@H]4O)[C@@H](O)[C@@H]3O)O[C@H]2CO)[C@@H](O)[C@H](O)[C@H]1O. The van der Waals surface area contributed by atoms with Gasteiger partial charge in [0, 0.05) is 10.8 Å². The average Bonchev–Trinajstić information content (AvgIpc) is 2.46. The molecule has 7 fully saturated rings. The van der Waals surface area contributed by atoms with Crippen molar-refractivity contribution in [3.63, 3.8) is 0 Å². The van der Waals surface area contributed by atoms with Crippen LogP contribution in [0.15, 0.2) is 11.6 Å². The molecule has 15 N–H and O–H groups in total. The summed E-state index contributed by atoms with van der Waals surface area (Å²) in [5, 5.41) is 165. The third kappa shape index (κ3) is 11.0. The number of aliphatic hydroxyl groups is 15. The third-order valence-electron chi connectivity index (χ3n) is 21.0. The lowest BCUT2D eigenvalue weighted by Crippen LogP contribution is -2.67. The van der Waals surface area contributed by atoms with Crippen molar-refractivity contribution >= 4 is 0 Å². The highest BCUT2D eigenvalue weighted by Gasteiger charge is 2.70. The highest BCUT2D eigenvalue weighted by atomic mass is 16.8. The highest BCUT2D eigenvalue weighted by Crippen LogP contribution is 2.75. The first kappa shape index (κ1) is 62.9. The molecule has 4 aliphatic heterocycles. The molecule has 4 saturated heterocycles. The molecule has 0 bridgehead atoms. The number of rotatable bonds is 17. The minimum Gasteiger partial charge on any atom is -0.394 e. The van der Waals surface area contributed by atoms with Gasteiger partial charge < -0.3 is 114 Å². The maximum absolute atomic E-state index is 12.5. The van der Waals surface area contributed by atoms with Crippen LogP contribution in [0.25, 0.3) is 0 Å². The zero-order valence-corrected chi connectivity index (χ0v) is 46.6. The Morgan fingerprint density at radius 1 is 0.603 bits per heavy atom. The van der Waals surface area contributed by atoms with Crippen LogP contribution in [0.1, 0.15) is 120 Å². The Kier molecular flexibility index (Phi) is 19.1. The quantitative estimate of drug-likeness (QED) is 0.0714. The van der Waals surface area contributed by atoms with Gasteiger partial charge in [-0.3, -0.25) is 0 Å². The van der Waals surface area contributed by atoms with Gasteiger partial charge in [-0.1, -0.05) is 60.1 Å². The van der Waals surface area contributed by atoms with Crippen molar-refractivity contribution in [3.8, 4) is 0 Å². The Labute approximate surface area is 457 Å². The Morgan fingerprint density at radius 3 is 1.76 bits per heavy atom. The van der Waals surface area contributed by atoms with Gasteiger partial charge >= 0.3 is 0 Å². The fraction of sp³-hybridized carbons (Fsp3) is 0.964. The van der Waals surface area contributed by atoms with Crippen molar-refractivity contribution in [2.24, 2.45) is 45.3 Å². The summed E-state index contributed by atoms with van der Waals surface area (Å²) in [6.45, 7) is 15.8. The van der Waals surface area contributed by atoms with E-state index in [9.17, 15) is 76.6 Å². The van der Waals surface area contributed by atoms with E-state index in [1.54, 1.807) is 6.92 Å². The molecule has 8 rings (SSSR count). The molecule has 3 saturated carbocycles. The van der Waals surface area contributed by atoms with E-state index in [0.717, 1.165) is 25.7 Å². The molecule has 0 amide bonds. The van der Waals surface area contributed by atoms with E-state index in [-0.39, 0.29) is 58.2 Å². The molecule has 0 aromatic heterocycles. The monoisotopic (exact) mass is 1120 g/mol. The maximum atomic E-state index is 12.5. The molecule has 0 spiro atoms. The first-order valence-electron chi connectivity index (χ1n) is 28.4. The largest absolute Gasteiger partial charge is 0.394 e. The molecule has 23 nitrogen and oxygen atoms in total. The predicted molar refractivity (Wildman–Crippen MR) is 271 cm³/mol. The van der Waals surface area contributed by atoms with Gasteiger partial charge in [0.05, 0.1) is 49.8 Å². The topological polar surface area (TPSA) is 377 Å². The number of fused-ring (bicyclic) bond motifs is 5. The summed E-state index contributed by atoms with van der Waals surface area (Å²) in [5.74, 6) is 0.533. The first-order chi connectivity index (χ1) is 36.4. The van der Waals surface area contributed by atoms with E-state index >= 15 is 0 Å². The summed E-state index contributed by atoms with van der Waals surface area (Å²) in [6.07, 6.45) is -28.1. The van der Waals surface area contributed by atoms with E-state index in [2.05, 4.69) is 47.6 Å². The summed E-state index contributed by atoms with van der Waals surface area (Å²) >= 11 is 0. The lowest BCUT2D eigenvalue weighted by atomic mass is 9.38. The molecular formula is C55H94O23. The minimum atomic E-state index is -2.04. The standard InChI is InChI=1S/C55H94O23/c1-10-27-35(60)38(63)43(68)48(72-27)77-45-29(21-57)74-49(44(69)41(45)66)78-46-40(65)37(62)30(22-71-47-42(67)39(64)36(61)28(20-56)73-47)75-50(46)76-34(52(5,6)70)16-11-23(2)24-17-18-53(7)31-14-12-25-26(13-15-32(58)51(25,3)4)55(31,9)33(59)19-54(24,53)8/h12,23-24,26-50,56-70H,10-11,13-22H2,1-9H3/t23-,24?,26?,27+,28-,29+,30-,31?,32+,33-,34-,35+,36-,37-,38-,39+,40+,41+,42-,43+,44+,45+,46-,47+,48+,49-,50+,53+,54-,55+/m1/s1. The van der Waals surface area contributed by atoms with Crippen molar-refractivity contribution in [1.82, 2.24) is 0 Å². The highest BCUT2D eigenvalue weighted by molar-refractivity contribution is 5.31. The zero-order chi connectivity index (χ0) is 57.5. The van der Waals surface area contributed by atoms with Crippen molar-refractivity contribution in [2.45, 2.75) is 267 Å². The predicted octanol–water partition coefficient (Wildman–Crippen LogP) is -1.81. The van der Waals surface area contributed by atoms with Crippen LogP contribution in [0.3, 0.4) is 0 Å². The van der Waals surface area contributed by atoms with E-state index in [4.69, 9.17) is 37.9 Å². The molecule has 4 heterocycles. The van der Waals surface area contributed by atoms with Crippen LogP contribution in [-0.2, 0) is 37.9 Å². The van der Waals surface area contributed by atoms with Crippen molar-refractivity contribution in [1.29, 1.82) is 0 Å². The van der Waals surface area contributed by atoms with Crippen molar-refractivity contribution < 1.29 is 114 Å². The number of hydrogen-bond acceptors (Lipinski definition) is 23. The van der Waals surface area contributed by atoms with Gasteiger partial charge in [-0.15, -0.1) is 0 Å². The van der Waals surface area contributed by atoms with Gasteiger partial charge in [-0.25, -0.2) is 0 Å². The summed E-state index contributed by atoms with van der Waals surface area (Å²) in [6, 6.07) is 0. The van der Waals surface area contributed by atoms with Crippen LogP contribution < -0.4 is 0 Å². The third-order valence-corrected chi connectivity index (χ3v) is 21.0. The van der Waals surface area contributed by atoms with Gasteiger partial charge in [0.2, 0.25) is 0 Å². The second kappa shape index (κ2) is 23.7. The number of aliphatic hydroxyl groups excluding tert-OH is 14. The van der Waals surface area contributed by atoms with E-state index < -0.39 is 167 Å². The summed E-state index contributed by atoms with van der Waals surface area (Å²) in [5.41, 5.74) is -1.53. The lowest BCUT2D eigenvalue weighted by Gasteiger charge is -2.67. The molecule has 30 atom stereocenters. The van der Waals surface area contributed by atoms with Crippen LogP contribution in [-0.4, -0.2) is 243 Å². The normalized spacial score (nSPS) is 51.4. The fourth-order valence-electron chi connectivity index (χ4n) is 15.7. The number of allylic oxidation sites excluding steroid dienone is 1. The number of hydrogen-bond donors (Lipinski definition) is 15. The molecule has 3 unspecified atom stereocenters. The van der Waals surface area contributed by atoms with Crippen molar-refractivity contribution in [3.05, 3.63) is 11.6 Å². The summed E-state index contributed by atoms with van der Waals surface area (Å²) < 4.78 is 47.7. The Bertz CT molecular complexity index is 2020. The van der Waals surface area contributed by atoms with Gasteiger partial charge in [0.15, 0.2) is 25.2 Å². The molecule has 452 valence electrons. The van der Waals surface area contributed by atoms with Crippen LogP contribution in [0.5, 0.6) is 0 Å². The molecule has 0 aromatic rings. The molecule has 23 heteroatoms. The molecule has 8 aliphatic rings. The Morgan fingerprint density at radius 2 is 1.14 bits per heavy atom. The van der Waals surface area contributed by atoms with E-state index in [0.29, 0.717) is 19.3 Å². The first-order valence-corrected chi connectivity index (χ1v) is 28.4. The summed E-state index contributed by atoms with van der Waals surface area (Å²) in [4.78, 5) is 0. The average molecular weight is 1120 g/mol. The van der Waals surface area contributed by atoms with E-state index in [1.165, 1.54) is 19.4 Å². The summed E-state index contributed by atoms with van der Waals surface area (Å²) in [7, 11) is 0. The second-order valence-electron chi connectivity index (χ2n) is 26.1. The van der Waals surface area contributed by atoms with E-state index in [1.807, 2.05) is 0 Å². The van der Waals surface area contributed by atoms with Gasteiger partial charge in [0.1, 0.15) is 91.6 Å². The zero-order valence-electron chi connectivity index (χ0n) is 46.6. The maximum Gasteiger partial charge on any atom is 0.187 e. The van der Waals surface area contributed by atoms with Gasteiger partial charge in [0.25, 0.3) is 0 Å². The lowest BCUT2D eigenvalue weighted by molar-refractivity contribution is -0.391. The fourth-order valence-corrected chi connectivity index (χ4v) is 15.7. The Hall–Kier alpha value is -1.18.